The lowest BCUT2D eigenvalue weighted by Gasteiger charge is -2.04. The lowest BCUT2D eigenvalue weighted by molar-refractivity contribution is 0.0696. The minimum absolute atomic E-state index is 0.0555. The molecular formula is C65H60N4O3S20. The molecule has 0 bridgehead atoms. The predicted molar refractivity (Wildman–Crippen MR) is 443 cm³/mol. The van der Waals surface area contributed by atoms with Crippen molar-refractivity contribution in [2.75, 3.05) is 22.9 Å². The number of ketones is 1. The first-order chi connectivity index (χ1) is 44.8. The van der Waals surface area contributed by atoms with Gasteiger partial charge < -0.3 is 28.0 Å². The van der Waals surface area contributed by atoms with Crippen LogP contribution in [0.4, 0.5) is 22.7 Å². The van der Waals surface area contributed by atoms with E-state index in [1.807, 2.05) is 127 Å². The quantitative estimate of drug-likeness (QED) is 0.0143. The van der Waals surface area contributed by atoms with Gasteiger partial charge in [-0.05, 0) is 378 Å². The molecule has 0 saturated carbocycles. The molecule has 10 aromatic rings. The standard InChI is InChI=1S/C15H12O3S4.2C13H13NS4.C12H12N2S4.C12H10S4/c1-10(16)11-4-2-6-13(8-11)19-21-22-20-14-7-3-5-12(9-14)15(17)18;1-10-2-6-12(7-3-10)15-17-18-16-13-8-4-11(14)5-9-13;1-10-4-2-6-12(8-10)15-17-18-16-13-7-3-5-11(14)9-13;13-9-5-1-3-7-11(9)15-17-18-16-12-8-4-2-6-10(12)14;1-3-7-11(8-4-1)13-15-16-14-12-9-5-2-6-10-12/h2-9H,1H3,(H,17,18);2*2-9H,14H2,1H3;1-8H,13-14H2;1-10H. The number of carboxylic acids is 1. The molecule has 478 valence electrons. The summed E-state index contributed by atoms with van der Waals surface area (Å²) in [6.45, 7) is 5.77. The second-order valence-electron chi connectivity index (χ2n) is 17.9. The van der Waals surface area contributed by atoms with Crippen molar-refractivity contribution in [1.82, 2.24) is 0 Å². The van der Waals surface area contributed by atoms with Gasteiger partial charge in [0.25, 0.3) is 0 Å². The average Bonchev–Trinajstić information content (AvgIpc) is 3.78. The predicted octanol–water partition coefficient (Wildman–Crippen LogP) is 27.8. The van der Waals surface area contributed by atoms with E-state index in [1.54, 1.807) is 227 Å². The summed E-state index contributed by atoms with van der Waals surface area (Å²) in [7, 11) is 34.2. The Hall–Kier alpha value is -2.46. The van der Waals surface area contributed by atoms with Crippen molar-refractivity contribution in [2.45, 2.75) is 69.7 Å². The Balaban J connectivity index is 0.000000183. The number of nitrogen functional groups attached to an aromatic ring is 4. The molecule has 0 aliphatic heterocycles. The first kappa shape index (κ1) is 78.5. The highest BCUT2D eigenvalue weighted by molar-refractivity contribution is 9.27. The number of hydrogen-bond acceptors (Lipinski definition) is 26. The van der Waals surface area contributed by atoms with E-state index in [-0.39, 0.29) is 11.3 Å². The first-order valence-electron chi connectivity index (χ1n) is 26.7. The maximum absolute atomic E-state index is 11.3. The molecule has 0 atom stereocenters. The maximum atomic E-state index is 11.3. The van der Waals surface area contributed by atoms with Gasteiger partial charge in [0, 0.05) is 77.3 Å². The number of carbonyl (C=O) groups excluding carboxylic acids is 1. The van der Waals surface area contributed by atoms with Crippen molar-refractivity contribution in [3.8, 4) is 0 Å². The SMILES string of the molecule is CC(=O)c1cccc(SSSSc2cccc(C(=O)O)c2)c1.Cc1ccc(SSSSc2ccc(N)cc2)cc1.Cc1cccc(SSSSc2cccc(N)c2)c1.Nc1ccccc1SSSSc1ccccc1N.c1ccc(SSSSc2ccccc2)cc1. The van der Waals surface area contributed by atoms with Crippen LogP contribution >= 0.6 is 206 Å². The lowest BCUT2D eigenvalue weighted by atomic mass is 10.2. The number of hydrogen-bond donors (Lipinski definition) is 5. The Labute approximate surface area is 617 Å². The Kier molecular flexibility index (Phi) is 40.5. The molecule has 0 aromatic heterocycles. The summed E-state index contributed by atoms with van der Waals surface area (Å²) in [6.07, 6.45) is 0. The summed E-state index contributed by atoms with van der Waals surface area (Å²) in [5.74, 6) is -0.865. The van der Waals surface area contributed by atoms with Crippen LogP contribution in [0.25, 0.3) is 0 Å². The number of benzene rings is 10. The monoisotopic (exact) mass is 1580 g/mol. The lowest BCUT2D eigenvalue weighted by Crippen LogP contribution is -1.94. The van der Waals surface area contributed by atoms with E-state index in [0.29, 0.717) is 5.56 Å². The summed E-state index contributed by atoms with van der Waals surface area (Å²) in [5, 5.41) is 8.95. The number of Topliss-reactive ketones (excluding diaryl/α,β-unsaturated/α-hetero) is 1. The maximum Gasteiger partial charge on any atom is 0.335 e. The summed E-state index contributed by atoms with van der Waals surface area (Å²) in [4.78, 5) is 33.9. The van der Waals surface area contributed by atoms with Crippen molar-refractivity contribution in [2.24, 2.45) is 0 Å². The number of rotatable bonds is 27. The molecule has 0 radical (unpaired) electrons. The largest absolute Gasteiger partial charge is 0.478 e. The highest BCUT2D eigenvalue weighted by Crippen LogP contribution is 2.53. The van der Waals surface area contributed by atoms with Crippen LogP contribution in [0, 0.1) is 13.8 Å². The normalized spacial score (nSPS) is 10.4. The molecule has 0 heterocycles. The fraction of sp³-hybridized carbons (Fsp3) is 0.0462. The van der Waals surface area contributed by atoms with Crippen molar-refractivity contribution in [1.29, 1.82) is 0 Å². The molecule has 0 aliphatic rings. The van der Waals surface area contributed by atoms with Crippen LogP contribution in [-0.2, 0) is 0 Å². The van der Waals surface area contributed by atoms with Crippen molar-refractivity contribution < 1.29 is 14.7 Å². The zero-order valence-corrected chi connectivity index (χ0v) is 65.3. The first-order valence-corrected chi connectivity index (χ1v) is 50.8. The molecule has 0 amide bonds. The molecule has 0 aliphatic carbocycles. The fourth-order valence-electron chi connectivity index (χ4n) is 6.39. The van der Waals surface area contributed by atoms with Crippen LogP contribution in [0.5, 0.6) is 0 Å². The molecule has 92 heavy (non-hydrogen) atoms. The molecule has 10 aromatic carbocycles. The van der Waals surface area contributed by atoms with Crippen LogP contribution in [-0.4, -0.2) is 16.9 Å². The smallest absolute Gasteiger partial charge is 0.335 e. The average molecular weight is 1590 g/mol. The van der Waals surface area contributed by atoms with E-state index in [1.165, 1.54) is 51.3 Å². The van der Waals surface area contributed by atoms with E-state index < -0.39 is 5.97 Å². The van der Waals surface area contributed by atoms with Gasteiger partial charge in [0.2, 0.25) is 0 Å². The second-order valence-corrected chi connectivity index (χ2v) is 46.9. The van der Waals surface area contributed by atoms with Crippen molar-refractivity contribution in [3.05, 3.63) is 277 Å². The van der Waals surface area contributed by atoms with Crippen molar-refractivity contribution >= 4 is 241 Å². The van der Waals surface area contributed by atoms with Crippen LogP contribution in [0.1, 0.15) is 38.8 Å². The molecule has 9 N–H and O–H groups in total. The zero-order valence-electron chi connectivity index (χ0n) is 49.0. The number of para-hydroxylation sites is 2. The molecule has 10 rings (SSSR count). The summed E-state index contributed by atoms with van der Waals surface area (Å²) < 4.78 is 0. The Bertz CT molecular complexity index is 3500. The minimum atomic E-state index is -0.921. The van der Waals surface area contributed by atoms with Gasteiger partial charge >= 0.3 is 5.97 Å². The third kappa shape index (κ3) is 34.2. The van der Waals surface area contributed by atoms with Crippen LogP contribution < -0.4 is 22.9 Å². The van der Waals surface area contributed by atoms with Gasteiger partial charge in [0.05, 0.1) is 5.56 Å². The highest BCUT2D eigenvalue weighted by Gasteiger charge is 2.08. The molecule has 0 saturated heterocycles. The van der Waals surface area contributed by atoms with Gasteiger partial charge in [-0.15, -0.1) is 0 Å². The van der Waals surface area contributed by atoms with Gasteiger partial charge in [0.1, 0.15) is 0 Å². The van der Waals surface area contributed by atoms with Gasteiger partial charge in [-0.1, -0.05) is 115 Å². The zero-order chi connectivity index (χ0) is 65.4. The third-order valence-corrected chi connectivity index (χ3v) is 41.2. The molecule has 27 heteroatoms. The molecule has 0 spiro atoms. The Morgan fingerprint density at radius 1 is 0.283 bits per heavy atom. The molecule has 7 nitrogen and oxygen atoms in total. The number of carboxylic acid groups (broad SMARTS) is 1. The molecular weight excluding hydrogens is 1530 g/mol. The highest BCUT2D eigenvalue weighted by atomic mass is 33.7. The van der Waals surface area contributed by atoms with E-state index in [9.17, 15) is 9.59 Å². The van der Waals surface area contributed by atoms with Crippen LogP contribution in [0.15, 0.2) is 304 Å². The number of anilines is 4. The topological polar surface area (TPSA) is 158 Å². The summed E-state index contributed by atoms with van der Waals surface area (Å²) in [6, 6.07) is 84.0. The van der Waals surface area contributed by atoms with Crippen LogP contribution in [0.3, 0.4) is 0 Å². The molecule has 0 fully saturated rings. The Morgan fingerprint density at radius 3 is 1.02 bits per heavy atom. The third-order valence-electron chi connectivity index (χ3n) is 10.8. The number of carbonyl (C=O) groups is 2. The van der Waals surface area contributed by atoms with Gasteiger partial charge in [-0.25, -0.2) is 4.79 Å². The summed E-state index contributed by atoms with van der Waals surface area (Å²) in [5.41, 5.74) is 30.0. The van der Waals surface area contributed by atoms with Crippen molar-refractivity contribution in [3.63, 3.8) is 0 Å². The van der Waals surface area contributed by atoms with E-state index in [0.717, 1.165) is 42.3 Å². The molecule has 0 unspecified atom stereocenters. The number of nitrogens with two attached hydrogens (primary N) is 4. The van der Waals surface area contributed by atoms with E-state index >= 15 is 0 Å². The van der Waals surface area contributed by atoms with Gasteiger partial charge in [-0.2, -0.15) is 0 Å². The van der Waals surface area contributed by atoms with Gasteiger partial charge in [0.15, 0.2) is 5.78 Å². The summed E-state index contributed by atoms with van der Waals surface area (Å²) >= 11 is 0. The Morgan fingerprint density at radius 2 is 0.609 bits per heavy atom. The number of aryl methyl sites for hydroxylation is 2. The van der Waals surface area contributed by atoms with Gasteiger partial charge in [-0.3, -0.25) is 4.79 Å². The number of aromatic carboxylic acids is 1. The second kappa shape index (κ2) is 47.5. The van der Waals surface area contributed by atoms with Crippen LogP contribution in [0.2, 0.25) is 0 Å². The minimum Gasteiger partial charge on any atom is -0.478 e. The van der Waals surface area contributed by atoms with E-state index in [2.05, 4.69) is 117 Å². The van der Waals surface area contributed by atoms with E-state index in [4.69, 9.17) is 28.0 Å². The fourth-order valence-corrected chi connectivity index (χ4v) is 34.0.